The average molecular weight is 363 g/mol. The standard InChI is InChI=1S/C16H12BrFN2O2/c17-13-3-1-2-11(10-13)4-9-15(21)19-20-16(22)12-5-7-14(18)8-6-12/h1-10H,(H,19,21)(H,20,22)/b9-4+. The normalized spacial score (nSPS) is 10.5. The molecule has 0 saturated carbocycles. The van der Waals surface area contributed by atoms with Gasteiger partial charge in [0.25, 0.3) is 11.8 Å². The van der Waals surface area contributed by atoms with Gasteiger partial charge >= 0.3 is 0 Å². The Kier molecular flexibility index (Phi) is 5.43. The van der Waals surface area contributed by atoms with Gasteiger partial charge in [-0.1, -0.05) is 28.1 Å². The Morgan fingerprint density at radius 3 is 2.45 bits per heavy atom. The van der Waals surface area contributed by atoms with Crippen LogP contribution in [0.3, 0.4) is 0 Å². The molecule has 2 aromatic rings. The van der Waals surface area contributed by atoms with E-state index in [4.69, 9.17) is 0 Å². The third-order valence-electron chi connectivity index (χ3n) is 2.68. The van der Waals surface area contributed by atoms with E-state index in [1.54, 1.807) is 6.08 Å². The molecule has 0 radical (unpaired) electrons. The molecule has 2 amide bonds. The van der Waals surface area contributed by atoms with Gasteiger partial charge in [0, 0.05) is 16.1 Å². The summed E-state index contributed by atoms with van der Waals surface area (Å²) in [5.41, 5.74) is 5.58. The number of nitrogens with one attached hydrogen (secondary N) is 2. The van der Waals surface area contributed by atoms with Gasteiger partial charge in [0.15, 0.2) is 0 Å². The van der Waals surface area contributed by atoms with Gasteiger partial charge in [-0.15, -0.1) is 0 Å². The molecule has 0 unspecified atom stereocenters. The van der Waals surface area contributed by atoms with Crippen LogP contribution in [-0.2, 0) is 4.79 Å². The van der Waals surface area contributed by atoms with E-state index in [9.17, 15) is 14.0 Å². The summed E-state index contributed by atoms with van der Waals surface area (Å²) in [6.45, 7) is 0. The van der Waals surface area contributed by atoms with Crippen molar-refractivity contribution in [3.8, 4) is 0 Å². The lowest BCUT2D eigenvalue weighted by Crippen LogP contribution is -2.40. The minimum Gasteiger partial charge on any atom is -0.268 e. The van der Waals surface area contributed by atoms with Gasteiger partial charge in [0.2, 0.25) is 0 Å². The lowest BCUT2D eigenvalue weighted by atomic mass is 10.2. The smallest absolute Gasteiger partial charge is 0.268 e. The molecule has 0 aromatic heterocycles. The van der Waals surface area contributed by atoms with Gasteiger partial charge in [0.05, 0.1) is 0 Å². The van der Waals surface area contributed by atoms with E-state index in [1.165, 1.54) is 30.3 Å². The number of hydrogen-bond acceptors (Lipinski definition) is 2. The zero-order chi connectivity index (χ0) is 15.9. The van der Waals surface area contributed by atoms with E-state index in [1.807, 2.05) is 24.3 Å². The molecule has 2 aromatic carbocycles. The molecule has 112 valence electrons. The minimum absolute atomic E-state index is 0.248. The number of carbonyl (C=O) groups is 2. The summed E-state index contributed by atoms with van der Waals surface area (Å²) >= 11 is 3.33. The summed E-state index contributed by atoms with van der Waals surface area (Å²) in [5, 5.41) is 0. The second-order valence-corrected chi connectivity index (χ2v) is 5.25. The summed E-state index contributed by atoms with van der Waals surface area (Å²) < 4.78 is 13.6. The number of halogens is 2. The second-order valence-electron chi connectivity index (χ2n) is 4.34. The first-order valence-corrected chi connectivity index (χ1v) is 7.13. The third kappa shape index (κ3) is 4.82. The van der Waals surface area contributed by atoms with E-state index < -0.39 is 17.6 Å². The first-order chi connectivity index (χ1) is 10.5. The number of benzene rings is 2. The summed E-state index contributed by atoms with van der Waals surface area (Å²) in [5.74, 6) is -1.43. The first-order valence-electron chi connectivity index (χ1n) is 6.34. The number of carbonyl (C=O) groups excluding carboxylic acids is 2. The van der Waals surface area contributed by atoms with Gasteiger partial charge in [-0.25, -0.2) is 4.39 Å². The van der Waals surface area contributed by atoms with Crippen LogP contribution in [0.2, 0.25) is 0 Å². The van der Waals surface area contributed by atoms with Crippen LogP contribution in [-0.4, -0.2) is 11.8 Å². The molecule has 0 aliphatic carbocycles. The number of amides is 2. The Bertz CT molecular complexity index is 714. The summed E-state index contributed by atoms with van der Waals surface area (Å²) in [6, 6.07) is 12.4. The van der Waals surface area contributed by atoms with E-state index in [0.717, 1.165) is 10.0 Å². The Balaban J connectivity index is 1.87. The first kappa shape index (κ1) is 15.9. The van der Waals surface area contributed by atoms with Crippen molar-refractivity contribution >= 4 is 33.8 Å². The van der Waals surface area contributed by atoms with Crippen molar-refractivity contribution in [2.75, 3.05) is 0 Å². The molecular weight excluding hydrogens is 351 g/mol. The number of hydrogen-bond donors (Lipinski definition) is 2. The van der Waals surface area contributed by atoms with E-state index in [-0.39, 0.29) is 5.56 Å². The van der Waals surface area contributed by atoms with Crippen LogP contribution in [0.4, 0.5) is 4.39 Å². The zero-order valence-electron chi connectivity index (χ0n) is 11.3. The average Bonchev–Trinajstić information content (AvgIpc) is 2.51. The van der Waals surface area contributed by atoms with Crippen molar-refractivity contribution < 1.29 is 14.0 Å². The van der Waals surface area contributed by atoms with Crippen molar-refractivity contribution in [1.82, 2.24) is 10.9 Å². The Morgan fingerprint density at radius 2 is 1.77 bits per heavy atom. The maximum Gasteiger partial charge on any atom is 0.269 e. The van der Waals surface area contributed by atoms with Crippen molar-refractivity contribution in [3.63, 3.8) is 0 Å². The Labute approximate surface area is 135 Å². The summed E-state index contributed by atoms with van der Waals surface area (Å²) in [7, 11) is 0. The predicted octanol–water partition coefficient (Wildman–Crippen LogP) is 3.06. The number of rotatable bonds is 3. The van der Waals surface area contributed by atoms with E-state index in [2.05, 4.69) is 26.8 Å². The van der Waals surface area contributed by atoms with Crippen LogP contribution in [0.25, 0.3) is 6.08 Å². The maximum absolute atomic E-state index is 12.7. The lowest BCUT2D eigenvalue weighted by molar-refractivity contribution is -0.117. The monoisotopic (exact) mass is 362 g/mol. The van der Waals surface area contributed by atoms with Crippen molar-refractivity contribution in [1.29, 1.82) is 0 Å². The van der Waals surface area contributed by atoms with Crippen LogP contribution in [0.5, 0.6) is 0 Å². The van der Waals surface area contributed by atoms with E-state index >= 15 is 0 Å². The highest BCUT2D eigenvalue weighted by molar-refractivity contribution is 9.10. The lowest BCUT2D eigenvalue weighted by Gasteiger charge is -2.05. The highest BCUT2D eigenvalue weighted by Crippen LogP contribution is 2.12. The van der Waals surface area contributed by atoms with Crippen LogP contribution >= 0.6 is 15.9 Å². The van der Waals surface area contributed by atoms with Gasteiger partial charge < -0.3 is 0 Å². The van der Waals surface area contributed by atoms with Crippen LogP contribution in [0, 0.1) is 5.82 Å². The third-order valence-corrected chi connectivity index (χ3v) is 3.17. The SMILES string of the molecule is O=C(/C=C/c1cccc(Br)c1)NNC(=O)c1ccc(F)cc1. The zero-order valence-corrected chi connectivity index (χ0v) is 12.9. The fourth-order valence-electron chi connectivity index (χ4n) is 1.62. The maximum atomic E-state index is 12.7. The van der Waals surface area contributed by atoms with Gasteiger partial charge in [-0.3, -0.25) is 20.4 Å². The van der Waals surface area contributed by atoms with Gasteiger partial charge in [-0.2, -0.15) is 0 Å². The molecule has 2 N–H and O–H groups in total. The Hall–Kier alpha value is -2.47. The molecule has 4 nitrogen and oxygen atoms in total. The second kappa shape index (κ2) is 7.51. The fraction of sp³-hybridized carbons (Fsp3) is 0. The molecule has 0 fully saturated rings. The number of hydrazine groups is 1. The molecule has 2 rings (SSSR count). The van der Waals surface area contributed by atoms with Crippen molar-refractivity contribution in [3.05, 3.63) is 76.0 Å². The summed E-state index contributed by atoms with van der Waals surface area (Å²) in [4.78, 5) is 23.3. The molecule has 6 heteroatoms. The Morgan fingerprint density at radius 1 is 1.05 bits per heavy atom. The highest BCUT2D eigenvalue weighted by Gasteiger charge is 2.05. The fourth-order valence-corrected chi connectivity index (χ4v) is 2.03. The molecule has 0 heterocycles. The van der Waals surface area contributed by atoms with Gasteiger partial charge in [0.1, 0.15) is 5.82 Å². The quantitative estimate of drug-likeness (QED) is 0.651. The molecule has 0 atom stereocenters. The van der Waals surface area contributed by atoms with E-state index in [0.29, 0.717) is 0 Å². The minimum atomic E-state index is -0.524. The van der Waals surface area contributed by atoms with Gasteiger partial charge in [-0.05, 0) is 48.0 Å². The van der Waals surface area contributed by atoms with Crippen molar-refractivity contribution in [2.24, 2.45) is 0 Å². The van der Waals surface area contributed by atoms with Crippen LogP contribution in [0.1, 0.15) is 15.9 Å². The van der Waals surface area contributed by atoms with Crippen LogP contribution < -0.4 is 10.9 Å². The summed E-state index contributed by atoms with van der Waals surface area (Å²) in [6.07, 6.45) is 2.91. The molecule has 0 saturated heterocycles. The highest BCUT2D eigenvalue weighted by atomic mass is 79.9. The van der Waals surface area contributed by atoms with Crippen molar-refractivity contribution in [2.45, 2.75) is 0 Å². The molecule has 0 spiro atoms. The predicted molar refractivity (Wildman–Crippen MR) is 85.2 cm³/mol. The topological polar surface area (TPSA) is 58.2 Å². The molecule has 22 heavy (non-hydrogen) atoms. The largest absolute Gasteiger partial charge is 0.269 e. The molecule has 0 aliphatic heterocycles. The molecule has 0 aliphatic rings. The van der Waals surface area contributed by atoms with Crippen LogP contribution in [0.15, 0.2) is 59.1 Å². The molecule has 0 bridgehead atoms. The molecular formula is C16H12BrFN2O2.